The van der Waals surface area contributed by atoms with Gasteiger partial charge in [0.1, 0.15) is 5.75 Å². The monoisotopic (exact) mass is 195 g/mol. The molecule has 0 fully saturated rings. The molecule has 0 saturated heterocycles. The minimum atomic E-state index is 0.518. The molecule has 0 aromatic heterocycles. The first-order valence-electron chi connectivity index (χ1n) is 4.22. The minimum Gasteiger partial charge on any atom is -0.494 e. The highest BCUT2D eigenvalue weighted by molar-refractivity contribution is 7.80. The number of benzene rings is 1. The van der Waals surface area contributed by atoms with E-state index in [0.717, 1.165) is 11.3 Å². The summed E-state index contributed by atoms with van der Waals surface area (Å²) in [5.74, 6) is 0.884. The summed E-state index contributed by atoms with van der Waals surface area (Å²) in [5.41, 5.74) is 6.54. The number of hydrogen-bond acceptors (Lipinski definition) is 2. The molecule has 0 spiro atoms. The number of rotatable bonds is 4. The number of thiocarbonyl (C=S) groups is 1. The largest absolute Gasteiger partial charge is 0.494 e. The summed E-state index contributed by atoms with van der Waals surface area (Å²) in [7, 11) is 0. The Morgan fingerprint density at radius 1 is 1.38 bits per heavy atom. The third-order valence-corrected chi connectivity index (χ3v) is 1.76. The van der Waals surface area contributed by atoms with Gasteiger partial charge in [-0.25, -0.2) is 0 Å². The van der Waals surface area contributed by atoms with E-state index < -0.39 is 0 Å². The summed E-state index contributed by atoms with van der Waals surface area (Å²) in [4.78, 5) is 0.518. The summed E-state index contributed by atoms with van der Waals surface area (Å²) in [5, 5.41) is 0. The summed E-state index contributed by atoms with van der Waals surface area (Å²) in [6.45, 7) is 2.65. The van der Waals surface area contributed by atoms with Crippen LogP contribution in [0.2, 0.25) is 0 Å². The summed E-state index contributed by atoms with van der Waals surface area (Å²) in [6.07, 6.45) is 0.655. The number of ether oxygens (including phenoxy) is 1. The van der Waals surface area contributed by atoms with Crippen LogP contribution in [-0.2, 0) is 6.42 Å². The summed E-state index contributed by atoms with van der Waals surface area (Å²) < 4.78 is 5.30. The van der Waals surface area contributed by atoms with Crippen molar-refractivity contribution in [3.8, 4) is 5.75 Å². The van der Waals surface area contributed by atoms with Crippen LogP contribution >= 0.6 is 12.2 Å². The Balaban J connectivity index is 2.64. The van der Waals surface area contributed by atoms with Crippen LogP contribution in [0.25, 0.3) is 0 Å². The molecule has 0 radical (unpaired) electrons. The Hall–Kier alpha value is -1.09. The highest BCUT2D eigenvalue weighted by atomic mass is 32.1. The fourth-order valence-electron chi connectivity index (χ4n) is 1.07. The zero-order chi connectivity index (χ0) is 9.68. The maximum atomic E-state index is 5.42. The van der Waals surface area contributed by atoms with Crippen LogP contribution < -0.4 is 10.5 Å². The van der Waals surface area contributed by atoms with Gasteiger partial charge in [0.25, 0.3) is 0 Å². The van der Waals surface area contributed by atoms with Gasteiger partial charge in [0, 0.05) is 6.42 Å². The van der Waals surface area contributed by atoms with Gasteiger partial charge in [0.2, 0.25) is 0 Å². The Morgan fingerprint density at radius 2 is 2.00 bits per heavy atom. The fourth-order valence-corrected chi connectivity index (χ4v) is 1.24. The molecule has 0 atom stereocenters. The summed E-state index contributed by atoms with van der Waals surface area (Å²) in [6, 6.07) is 7.81. The van der Waals surface area contributed by atoms with Gasteiger partial charge in [-0.15, -0.1) is 0 Å². The predicted octanol–water partition coefficient (Wildman–Crippen LogP) is 1.91. The maximum absolute atomic E-state index is 5.42. The highest BCUT2D eigenvalue weighted by Gasteiger charge is 1.95. The fraction of sp³-hybridized carbons (Fsp3) is 0.300. The van der Waals surface area contributed by atoms with Crippen molar-refractivity contribution in [2.75, 3.05) is 6.61 Å². The van der Waals surface area contributed by atoms with Crippen LogP contribution in [0.15, 0.2) is 24.3 Å². The van der Waals surface area contributed by atoms with E-state index in [0.29, 0.717) is 18.0 Å². The molecule has 3 heteroatoms. The molecule has 1 rings (SSSR count). The van der Waals surface area contributed by atoms with Crippen LogP contribution in [-0.4, -0.2) is 11.6 Å². The van der Waals surface area contributed by atoms with E-state index >= 15 is 0 Å². The SMILES string of the molecule is CCOc1ccc(CC(N)=S)cc1. The van der Waals surface area contributed by atoms with Crippen LogP contribution in [0.3, 0.4) is 0 Å². The van der Waals surface area contributed by atoms with E-state index in [9.17, 15) is 0 Å². The van der Waals surface area contributed by atoms with E-state index in [1.165, 1.54) is 0 Å². The van der Waals surface area contributed by atoms with Crippen molar-refractivity contribution in [3.05, 3.63) is 29.8 Å². The average molecular weight is 195 g/mol. The lowest BCUT2D eigenvalue weighted by atomic mass is 10.1. The van der Waals surface area contributed by atoms with Crippen LogP contribution in [0.4, 0.5) is 0 Å². The molecule has 0 saturated carbocycles. The van der Waals surface area contributed by atoms with E-state index in [-0.39, 0.29) is 0 Å². The minimum absolute atomic E-state index is 0.518. The molecular formula is C10H13NOS. The molecule has 70 valence electrons. The van der Waals surface area contributed by atoms with Crippen molar-refractivity contribution in [3.63, 3.8) is 0 Å². The van der Waals surface area contributed by atoms with Gasteiger partial charge in [0.05, 0.1) is 11.6 Å². The van der Waals surface area contributed by atoms with Crippen molar-refractivity contribution < 1.29 is 4.74 Å². The lowest BCUT2D eigenvalue weighted by Gasteiger charge is -2.03. The second-order valence-electron chi connectivity index (χ2n) is 2.72. The van der Waals surface area contributed by atoms with E-state index in [4.69, 9.17) is 22.7 Å². The molecule has 13 heavy (non-hydrogen) atoms. The molecule has 0 aliphatic carbocycles. The zero-order valence-electron chi connectivity index (χ0n) is 7.62. The van der Waals surface area contributed by atoms with Crippen LogP contribution in [0.5, 0.6) is 5.75 Å². The quantitative estimate of drug-likeness (QED) is 0.745. The highest BCUT2D eigenvalue weighted by Crippen LogP contribution is 2.12. The molecule has 1 aromatic carbocycles. The molecule has 1 aromatic rings. The molecule has 2 nitrogen and oxygen atoms in total. The molecular weight excluding hydrogens is 182 g/mol. The first kappa shape index (κ1) is 9.99. The Bertz CT molecular complexity index is 281. The maximum Gasteiger partial charge on any atom is 0.119 e. The molecule has 2 N–H and O–H groups in total. The van der Waals surface area contributed by atoms with E-state index in [1.807, 2.05) is 31.2 Å². The Kier molecular flexibility index (Phi) is 3.71. The van der Waals surface area contributed by atoms with Crippen molar-refractivity contribution in [2.45, 2.75) is 13.3 Å². The van der Waals surface area contributed by atoms with Gasteiger partial charge in [-0.1, -0.05) is 24.4 Å². The molecule has 0 bridgehead atoms. The van der Waals surface area contributed by atoms with Crippen molar-refractivity contribution >= 4 is 17.2 Å². The van der Waals surface area contributed by atoms with Crippen LogP contribution in [0, 0.1) is 0 Å². The van der Waals surface area contributed by atoms with Gasteiger partial charge >= 0.3 is 0 Å². The number of nitrogens with two attached hydrogens (primary N) is 1. The Morgan fingerprint density at radius 3 is 2.46 bits per heavy atom. The summed E-state index contributed by atoms with van der Waals surface area (Å²) >= 11 is 4.81. The van der Waals surface area contributed by atoms with Crippen LogP contribution in [0.1, 0.15) is 12.5 Å². The molecule has 0 unspecified atom stereocenters. The molecule has 0 aliphatic rings. The first-order valence-corrected chi connectivity index (χ1v) is 4.63. The second-order valence-corrected chi connectivity index (χ2v) is 3.24. The lowest BCUT2D eigenvalue weighted by molar-refractivity contribution is 0.340. The second kappa shape index (κ2) is 4.82. The standard InChI is InChI=1S/C10H13NOS/c1-2-12-9-5-3-8(4-6-9)7-10(11)13/h3-6H,2,7H2,1H3,(H2,11,13). The lowest BCUT2D eigenvalue weighted by Crippen LogP contribution is -2.10. The third kappa shape index (κ3) is 3.42. The molecule has 0 heterocycles. The number of hydrogen-bond donors (Lipinski definition) is 1. The van der Waals surface area contributed by atoms with Gasteiger partial charge in [-0.2, -0.15) is 0 Å². The van der Waals surface area contributed by atoms with Gasteiger partial charge in [-0.05, 0) is 24.6 Å². The van der Waals surface area contributed by atoms with Gasteiger partial charge in [0.15, 0.2) is 0 Å². The first-order chi connectivity index (χ1) is 6.22. The molecule has 0 aliphatic heterocycles. The third-order valence-electron chi connectivity index (χ3n) is 1.61. The Labute approximate surface area is 83.7 Å². The van der Waals surface area contributed by atoms with E-state index in [1.54, 1.807) is 0 Å². The van der Waals surface area contributed by atoms with Gasteiger partial charge in [-0.3, -0.25) is 0 Å². The topological polar surface area (TPSA) is 35.2 Å². The van der Waals surface area contributed by atoms with Crippen molar-refractivity contribution in [2.24, 2.45) is 5.73 Å². The molecule has 0 amide bonds. The smallest absolute Gasteiger partial charge is 0.119 e. The van der Waals surface area contributed by atoms with E-state index in [2.05, 4.69) is 0 Å². The van der Waals surface area contributed by atoms with Crippen molar-refractivity contribution in [1.29, 1.82) is 0 Å². The predicted molar refractivity (Wildman–Crippen MR) is 58.1 cm³/mol. The zero-order valence-corrected chi connectivity index (χ0v) is 8.43. The van der Waals surface area contributed by atoms with Gasteiger partial charge < -0.3 is 10.5 Å². The average Bonchev–Trinajstić information content (AvgIpc) is 2.08. The van der Waals surface area contributed by atoms with Crippen molar-refractivity contribution in [1.82, 2.24) is 0 Å². The normalized spacial score (nSPS) is 9.62.